The maximum atomic E-state index is 12.0. The molecule has 3 nitrogen and oxygen atoms in total. The molecule has 0 radical (unpaired) electrons. The maximum absolute atomic E-state index is 12.0. The van der Waals surface area contributed by atoms with Gasteiger partial charge in [-0.15, -0.1) is 0 Å². The minimum atomic E-state index is -0.223. The molecule has 0 aliphatic heterocycles. The van der Waals surface area contributed by atoms with Gasteiger partial charge in [0.05, 0.1) is 0 Å². The van der Waals surface area contributed by atoms with E-state index in [0.29, 0.717) is 25.0 Å². The quantitative estimate of drug-likeness (QED) is 0.778. The molecule has 0 fully saturated rings. The van der Waals surface area contributed by atoms with Crippen LogP contribution in [0.3, 0.4) is 0 Å². The summed E-state index contributed by atoms with van der Waals surface area (Å²) in [4.78, 5) is 13.8. The Balaban J connectivity index is 2.46. The van der Waals surface area contributed by atoms with E-state index in [4.69, 9.17) is 4.74 Å². The monoisotopic (exact) mass is 263 g/mol. The van der Waals surface area contributed by atoms with Crippen LogP contribution in [0, 0.1) is 11.8 Å². The molecule has 19 heavy (non-hydrogen) atoms. The molecule has 1 unspecified atom stereocenters. The summed E-state index contributed by atoms with van der Waals surface area (Å²) in [5, 5.41) is 0. The van der Waals surface area contributed by atoms with Gasteiger partial charge in [0.2, 0.25) is 0 Å². The minimum Gasteiger partial charge on any atom is -0.445 e. The van der Waals surface area contributed by atoms with Gasteiger partial charge in [0.1, 0.15) is 6.61 Å². The van der Waals surface area contributed by atoms with E-state index in [-0.39, 0.29) is 6.09 Å². The van der Waals surface area contributed by atoms with Crippen LogP contribution in [0.2, 0.25) is 0 Å². The summed E-state index contributed by atoms with van der Waals surface area (Å²) >= 11 is 0. The highest BCUT2D eigenvalue weighted by molar-refractivity contribution is 5.67. The van der Waals surface area contributed by atoms with Gasteiger partial charge in [-0.1, -0.05) is 51.1 Å². The number of carbonyl (C=O) groups is 1. The molecule has 3 heteroatoms. The third-order valence-corrected chi connectivity index (χ3v) is 3.49. The van der Waals surface area contributed by atoms with Crippen molar-refractivity contribution in [1.29, 1.82) is 0 Å². The van der Waals surface area contributed by atoms with Gasteiger partial charge in [-0.2, -0.15) is 0 Å². The zero-order valence-corrected chi connectivity index (χ0v) is 12.4. The number of nitrogens with zero attached hydrogens (tertiary/aromatic N) is 1. The van der Waals surface area contributed by atoms with Crippen LogP contribution in [0.25, 0.3) is 0 Å². The van der Waals surface area contributed by atoms with Crippen molar-refractivity contribution in [3.63, 3.8) is 0 Å². The number of amides is 1. The lowest BCUT2D eigenvalue weighted by Gasteiger charge is -2.25. The molecule has 0 bridgehead atoms. The van der Waals surface area contributed by atoms with Crippen molar-refractivity contribution >= 4 is 6.09 Å². The first-order valence-corrected chi connectivity index (χ1v) is 7.00. The van der Waals surface area contributed by atoms with Crippen LogP contribution < -0.4 is 0 Å². The largest absolute Gasteiger partial charge is 0.445 e. The normalized spacial score (nSPS) is 12.3. The van der Waals surface area contributed by atoms with Crippen molar-refractivity contribution in [2.45, 2.75) is 34.3 Å². The Hall–Kier alpha value is -1.51. The van der Waals surface area contributed by atoms with Crippen molar-refractivity contribution in [3.8, 4) is 0 Å². The van der Waals surface area contributed by atoms with Gasteiger partial charge in [0.15, 0.2) is 0 Å². The van der Waals surface area contributed by atoms with E-state index >= 15 is 0 Å². The molecule has 0 aliphatic rings. The molecular formula is C16H25NO2. The van der Waals surface area contributed by atoms with Crippen molar-refractivity contribution in [1.82, 2.24) is 4.90 Å². The molecule has 0 saturated carbocycles. The second-order valence-corrected chi connectivity index (χ2v) is 5.30. The molecule has 106 valence electrons. The van der Waals surface area contributed by atoms with Gasteiger partial charge in [0.25, 0.3) is 0 Å². The molecule has 1 rings (SSSR count). The Bertz CT molecular complexity index is 376. The van der Waals surface area contributed by atoms with Gasteiger partial charge in [0, 0.05) is 13.1 Å². The molecule has 0 heterocycles. The molecule has 1 amide bonds. The molecule has 0 aliphatic carbocycles. The van der Waals surface area contributed by atoms with Crippen molar-refractivity contribution in [2.24, 2.45) is 11.8 Å². The number of carbonyl (C=O) groups excluding carboxylic acids is 1. The lowest BCUT2D eigenvalue weighted by molar-refractivity contribution is 0.0902. The Labute approximate surface area is 116 Å². The van der Waals surface area contributed by atoms with E-state index in [1.54, 1.807) is 4.90 Å². The van der Waals surface area contributed by atoms with Crippen molar-refractivity contribution in [2.75, 3.05) is 13.1 Å². The van der Waals surface area contributed by atoms with Crippen LogP contribution in [-0.4, -0.2) is 24.1 Å². The highest BCUT2D eigenvalue weighted by atomic mass is 16.6. The van der Waals surface area contributed by atoms with Gasteiger partial charge >= 0.3 is 6.09 Å². The zero-order chi connectivity index (χ0) is 14.3. The Morgan fingerprint density at radius 1 is 1.21 bits per heavy atom. The summed E-state index contributed by atoms with van der Waals surface area (Å²) in [7, 11) is 0. The molecule has 0 spiro atoms. The Morgan fingerprint density at radius 3 is 2.37 bits per heavy atom. The molecule has 0 N–H and O–H groups in total. The second kappa shape index (κ2) is 7.82. The zero-order valence-electron chi connectivity index (χ0n) is 12.4. The topological polar surface area (TPSA) is 29.5 Å². The van der Waals surface area contributed by atoms with E-state index in [2.05, 4.69) is 20.8 Å². The van der Waals surface area contributed by atoms with Crippen LogP contribution in [0.4, 0.5) is 4.79 Å². The van der Waals surface area contributed by atoms with Gasteiger partial charge in [-0.05, 0) is 24.3 Å². The highest BCUT2D eigenvalue weighted by Gasteiger charge is 2.18. The van der Waals surface area contributed by atoms with Crippen molar-refractivity contribution in [3.05, 3.63) is 35.9 Å². The average molecular weight is 263 g/mol. The molecule has 0 saturated heterocycles. The number of rotatable bonds is 6. The van der Waals surface area contributed by atoms with Crippen LogP contribution in [0.15, 0.2) is 30.3 Å². The molecular weight excluding hydrogens is 238 g/mol. The Morgan fingerprint density at radius 2 is 1.84 bits per heavy atom. The van der Waals surface area contributed by atoms with Gasteiger partial charge in [-0.25, -0.2) is 4.79 Å². The van der Waals surface area contributed by atoms with Gasteiger partial charge in [-0.3, -0.25) is 0 Å². The summed E-state index contributed by atoms with van der Waals surface area (Å²) in [6.07, 6.45) is -0.223. The number of hydrogen-bond acceptors (Lipinski definition) is 2. The summed E-state index contributed by atoms with van der Waals surface area (Å²) < 4.78 is 5.35. The summed E-state index contributed by atoms with van der Waals surface area (Å²) in [6.45, 7) is 10.3. The minimum absolute atomic E-state index is 0.223. The van der Waals surface area contributed by atoms with Gasteiger partial charge < -0.3 is 9.64 Å². The predicted molar refractivity (Wildman–Crippen MR) is 77.9 cm³/mol. The van der Waals surface area contributed by atoms with E-state index in [1.807, 2.05) is 37.3 Å². The summed E-state index contributed by atoms with van der Waals surface area (Å²) in [6, 6.07) is 9.76. The third-order valence-electron chi connectivity index (χ3n) is 3.49. The lowest BCUT2D eigenvalue weighted by atomic mass is 9.98. The van der Waals surface area contributed by atoms with Crippen LogP contribution in [0.5, 0.6) is 0 Å². The van der Waals surface area contributed by atoms with Crippen LogP contribution in [-0.2, 0) is 11.3 Å². The second-order valence-electron chi connectivity index (χ2n) is 5.30. The SMILES string of the molecule is CCN(CC(C)C(C)C)C(=O)OCc1ccccc1. The molecule has 0 aromatic heterocycles. The summed E-state index contributed by atoms with van der Waals surface area (Å²) in [5.74, 6) is 1.04. The predicted octanol–water partition coefficient (Wildman–Crippen LogP) is 3.94. The highest BCUT2D eigenvalue weighted by Crippen LogP contribution is 2.12. The Kier molecular flexibility index (Phi) is 6.40. The fourth-order valence-corrected chi connectivity index (χ4v) is 1.70. The standard InChI is InChI=1S/C16H25NO2/c1-5-17(11-14(4)13(2)3)16(18)19-12-15-9-7-6-8-10-15/h6-10,13-14H,5,11-12H2,1-4H3. The molecule has 1 aromatic carbocycles. The number of ether oxygens (including phenoxy) is 1. The first kappa shape index (κ1) is 15.5. The molecule has 1 aromatic rings. The third kappa shape index (κ3) is 5.33. The number of hydrogen-bond donors (Lipinski definition) is 0. The van der Waals surface area contributed by atoms with Crippen LogP contribution in [0.1, 0.15) is 33.3 Å². The fraction of sp³-hybridized carbons (Fsp3) is 0.562. The maximum Gasteiger partial charge on any atom is 0.410 e. The van der Waals surface area contributed by atoms with Crippen molar-refractivity contribution < 1.29 is 9.53 Å². The fourth-order valence-electron chi connectivity index (χ4n) is 1.70. The van der Waals surface area contributed by atoms with Crippen LogP contribution >= 0.6 is 0 Å². The first-order valence-electron chi connectivity index (χ1n) is 7.00. The smallest absolute Gasteiger partial charge is 0.410 e. The summed E-state index contributed by atoms with van der Waals surface area (Å²) in [5.41, 5.74) is 1.02. The average Bonchev–Trinajstić information content (AvgIpc) is 2.42. The number of benzene rings is 1. The van der Waals surface area contributed by atoms with E-state index in [9.17, 15) is 4.79 Å². The molecule has 1 atom stereocenters. The van der Waals surface area contributed by atoms with E-state index in [0.717, 1.165) is 12.1 Å². The van der Waals surface area contributed by atoms with E-state index < -0.39 is 0 Å². The first-order chi connectivity index (χ1) is 9.04. The lowest BCUT2D eigenvalue weighted by Crippen LogP contribution is -2.36. The van der Waals surface area contributed by atoms with E-state index in [1.165, 1.54) is 0 Å².